The van der Waals surface area contributed by atoms with Crippen LogP contribution in [0.2, 0.25) is 0 Å². The van der Waals surface area contributed by atoms with Gasteiger partial charge in [-0.1, -0.05) is 15.9 Å². The van der Waals surface area contributed by atoms with E-state index in [1.165, 1.54) is 0 Å². The number of aromatic nitrogens is 2. The zero-order valence-corrected chi connectivity index (χ0v) is 10.9. The van der Waals surface area contributed by atoms with E-state index < -0.39 is 0 Å². The highest BCUT2D eigenvalue weighted by molar-refractivity contribution is 9.09. The summed E-state index contributed by atoms with van der Waals surface area (Å²) in [6.45, 7) is 1.86. The maximum atomic E-state index is 5.11. The molecule has 5 nitrogen and oxygen atoms in total. The van der Waals surface area contributed by atoms with Gasteiger partial charge in [0.15, 0.2) is 0 Å². The molecule has 0 aliphatic carbocycles. The summed E-state index contributed by atoms with van der Waals surface area (Å²) in [5.74, 6) is 1.72. The third-order valence-corrected chi connectivity index (χ3v) is 3.25. The third-order valence-electron chi connectivity index (χ3n) is 2.50. The molecule has 16 heavy (non-hydrogen) atoms. The Morgan fingerprint density at radius 1 is 1.31 bits per heavy atom. The average molecular weight is 288 g/mol. The minimum absolute atomic E-state index is 0.508. The summed E-state index contributed by atoms with van der Waals surface area (Å²) in [7, 11) is 3.17. The molecule has 2 rings (SSSR count). The Morgan fingerprint density at radius 3 is 2.38 bits per heavy atom. The number of anilines is 1. The molecule has 1 aromatic rings. The van der Waals surface area contributed by atoms with Crippen molar-refractivity contribution < 1.29 is 9.47 Å². The van der Waals surface area contributed by atoms with Gasteiger partial charge in [0, 0.05) is 17.9 Å². The number of ether oxygens (including phenoxy) is 2. The van der Waals surface area contributed by atoms with Crippen molar-refractivity contribution in [1.82, 2.24) is 9.97 Å². The summed E-state index contributed by atoms with van der Waals surface area (Å²) in [4.78, 5) is 11.2. The second-order valence-electron chi connectivity index (χ2n) is 3.58. The molecule has 88 valence electrons. The van der Waals surface area contributed by atoms with Gasteiger partial charge in [-0.25, -0.2) is 0 Å². The van der Waals surface area contributed by atoms with E-state index >= 15 is 0 Å². The zero-order valence-electron chi connectivity index (χ0n) is 9.31. The van der Waals surface area contributed by atoms with E-state index in [0.717, 1.165) is 19.5 Å². The molecule has 1 unspecified atom stereocenters. The lowest BCUT2D eigenvalue weighted by molar-refractivity contribution is 0.372. The molecule has 1 atom stereocenters. The molecule has 0 N–H and O–H groups in total. The molecule has 0 amide bonds. The molecular formula is C10H14BrN3O2. The van der Waals surface area contributed by atoms with Crippen molar-refractivity contribution in [3.05, 3.63) is 6.07 Å². The Kier molecular flexibility index (Phi) is 3.48. The first-order valence-electron chi connectivity index (χ1n) is 5.09. The summed E-state index contributed by atoms with van der Waals surface area (Å²) in [6, 6.07) is 1.67. The quantitative estimate of drug-likeness (QED) is 0.788. The van der Waals surface area contributed by atoms with Crippen LogP contribution < -0.4 is 14.4 Å². The van der Waals surface area contributed by atoms with Crippen LogP contribution in [0.4, 0.5) is 5.95 Å². The molecule has 1 aliphatic heterocycles. The van der Waals surface area contributed by atoms with Crippen molar-refractivity contribution >= 4 is 21.9 Å². The van der Waals surface area contributed by atoms with Gasteiger partial charge in [0.05, 0.1) is 20.3 Å². The second-order valence-corrected chi connectivity index (χ2v) is 4.88. The molecular weight excluding hydrogens is 274 g/mol. The lowest BCUT2D eigenvalue weighted by Gasteiger charge is -2.16. The van der Waals surface area contributed by atoms with E-state index in [9.17, 15) is 0 Å². The number of rotatable bonds is 3. The summed E-state index contributed by atoms with van der Waals surface area (Å²) < 4.78 is 10.2. The van der Waals surface area contributed by atoms with Crippen molar-refractivity contribution in [2.24, 2.45) is 0 Å². The summed E-state index contributed by atoms with van der Waals surface area (Å²) in [5, 5.41) is 0. The SMILES string of the molecule is COc1cc(OC)nc(N2CCC(Br)C2)n1. The minimum atomic E-state index is 0.508. The minimum Gasteiger partial charge on any atom is -0.481 e. The van der Waals surface area contributed by atoms with Crippen molar-refractivity contribution in [3.8, 4) is 11.8 Å². The molecule has 0 saturated carbocycles. The van der Waals surface area contributed by atoms with Crippen LogP contribution in [0.1, 0.15) is 6.42 Å². The van der Waals surface area contributed by atoms with E-state index in [1.807, 2.05) is 0 Å². The van der Waals surface area contributed by atoms with E-state index in [0.29, 0.717) is 22.5 Å². The van der Waals surface area contributed by atoms with Crippen molar-refractivity contribution in [2.45, 2.75) is 11.2 Å². The predicted octanol–water partition coefficient (Wildman–Crippen LogP) is 1.47. The van der Waals surface area contributed by atoms with Gasteiger partial charge in [0.1, 0.15) is 0 Å². The van der Waals surface area contributed by atoms with E-state index in [1.54, 1.807) is 20.3 Å². The fourth-order valence-electron chi connectivity index (χ4n) is 1.64. The first kappa shape index (κ1) is 11.4. The number of halogens is 1. The number of nitrogens with zero attached hydrogens (tertiary/aromatic N) is 3. The molecule has 1 fully saturated rings. The summed E-state index contributed by atoms with van der Waals surface area (Å²) in [6.07, 6.45) is 1.10. The fraction of sp³-hybridized carbons (Fsp3) is 0.600. The van der Waals surface area contributed by atoms with Crippen LogP contribution in [0, 0.1) is 0 Å². The smallest absolute Gasteiger partial charge is 0.232 e. The van der Waals surface area contributed by atoms with Crippen molar-refractivity contribution in [3.63, 3.8) is 0 Å². The Morgan fingerprint density at radius 2 is 1.94 bits per heavy atom. The first-order chi connectivity index (χ1) is 7.72. The van der Waals surface area contributed by atoms with Gasteiger partial charge in [0.25, 0.3) is 0 Å². The normalized spacial score (nSPS) is 19.9. The summed E-state index contributed by atoms with van der Waals surface area (Å²) in [5.41, 5.74) is 0. The van der Waals surface area contributed by atoms with E-state index in [4.69, 9.17) is 9.47 Å². The maximum Gasteiger partial charge on any atom is 0.232 e. The van der Waals surface area contributed by atoms with E-state index in [-0.39, 0.29) is 0 Å². The van der Waals surface area contributed by atoms with Crippen LogP contribution in [0.25, 0.3) is 0 Å². The highest BCUT2D eigenvalue weighted by Gasteiger charge is 2.23. The van der Waals surface area contributed by atoms with Gasteiger partial charge in [-0.3, -0.25) is 0 Å². The number of alkyl halides is 1. The van der Waals surface area contributed by atoms with Crippen LogP contribution >= 0.6 is 15.9 Å². The van der Waals surface area contributed by atoms with Gasteiger partial charge < -0.3 is 14.4 Å². The molecule has 1 aromatic heterocycles. The van der Waals surface area contributed by atoms with Crippen molar-refractivity contribution in [1.29, 1.82) is 0 Å². The molecule has 0 bridgehead atoms. The van der Waals surface area contributed by atoms with Crippen molar-refractivity contribution in [2.75, 3.05) is 32.2 Å². The molecule has 0 radical (unpaired) electrons. The molecule has 2 heterocycles. The van der Waals surface area contributed by atoms with Crippen LogP contribution in [0.5, 0.6) is 11.8 Å². The highest BCUT2D eigenvalue weighted by Crippen LogP contribution is 2.25. The predicted molar refractivity (Wildman–Crippen MR) is 64.7 cm³/mol. The van der Waals surface area contributed by atoms with Gasteiger partial charge in [-0.2, -0.15) is 9.97 Å². The van der Waals surface area contributed by atoms with Crippen LogP contribution in [-0.4, -0.2) is 42.1 Å². The third kappa shape index (κ3) is 2.37. The zero-order chi connectivity index (χ0) is 11.5. The average Bonchev–Trinajstić information content (AvgIpc) is 2.75. The topological polar surface area (TPSA) is 47.5 Å². The van der Waals surface area contributed by atoms with Crippen LogP contribution in [0.3, 0.4) is 0 Å². The lowest BCUT2D eigenvalue weighted by atomic mass is 10.4. The van der Waals surface area contributed by atoms with Gasteiger partial charge in [-0.15, -0.1) is 0 Å². The maximum absolute atomic E-state index is 5.11. The Balaban J connectivity index is 2.25. The number of hydrogen-bond donors (Lipinski definition) is 0. The number of methoxy groups -OCH3 is 2. The Bertz CT molecular complexity index is 353. The molecule has 0 spiro atoms. The molecule has 0 aromatic carbocycles. The monoisotopic (exact) mass is 287 g/mol. The van der Waals surface area contributed by atoms with Crippen LogP contribution in [0.15, 0.2) is 6.07 Å². The highest BCUT2D eigenvalue weighted by atomic mass is 79.9. The molecule has 6 heteroatoms. The molecule has 1 aliphatic rings. The van der Waals surface area contributed by atoms with Gasteiger partial charge in [0.2, 0.25) is 17.7 Å². The number of hydrogen-bond acceptors (Lipinski definition) is 5. The molecule has 1 saturated heterocycles. The second kappa shape index (κ2) is 4.86. The van der Waals surface area contributed by atoms with Crippen LogP contribution in [-0.2, 0) is 0 Å². The largest absolute Gasteiger partial charge is 0.481 e. The fourth-order valence-corrected chi connectivity index (χ4v) is 2.20. The lowest BCUT2D eigenvalue weighted by Crippen LogP contribution is -2.22. The van der Waals surface area contributed by atoms with Gasteiger partial charge >= 0.3 is 0 Å². The van der Waals surface area contributed by atoms with E-state index in [2.05, 4.69) is 30.8 Å². The summed E-state index contributed by atoms with van der Waals surface area (Å²) >= 11 is 3.59. The Hall–Kier alpha value is -1.04. The standard InChI is InChI=1S/C10H14BrN3O2/c1-15-8-5-9(16-2)13-10(12-8)14-4-3-7(11)6-14/h5,7H,3-4,6H2,1-2H3. The first-order valence-corrected chi connectivity index (χ1v) is 6.00. The Labute approximate surface area is 103 Å². The van der Waals surface area contributed by atoms with Gasteiger partial charge in [-0.05, 0) is 6.42 Å².